The molecule has 0 radical (unpaired) electrons. The van der Waals surface area contributed by atoms with Crippen LogP contribution in [-0.2, 0) is 14.1 Å². The number of aromatic nitrogens is 4. The zero-order chi connectivity index (χ0) is 16.4. The van der Waals surface area contributed by atoms with Gasteiger partial charge >= 0.3 is 5.69 Å². The van der Waals surface area contributed by atoms with Gasteiger partial charge in [-0.05, 0) is 24.6 Å². The van der Waals surface area contributed by atoms with Crippen molar-refractivity contribution in [3.05, 3.63) is 50.9 Å². The Morgan fingerprint density at radius 2 is 1.54 bits per heavy atom. The van der Waals surface area contributed by atoms with E-state index in [2.05, 4.69) is 9.97 Å². The second-order valence-electron chi connectivity index (χ2n) is 4.83. The van der Waals surface area contributed by atoms with Crippen LogP contribution in [0.3, 0.4) is 0 Å². The van der Waals surface area contributed by atoms with Crippen molar-refractivity contribution < 1.29 is 21.2 Å². The van der Waals surface area contributed by atoms with Crippen LogP contribution in [-0.4, -0.2) is 40.3 Å². The first kappa shape index (κ1) is 20.9. The molecule has 10 nitrogen and oxygen atoms in total. The highest BCUT2D eigenvalue weighted by atomic mass is 16.3. The number of benzene rings is 1. The fourth-order valence-corrected chi connectivity index (χ4v) is 2.01. The number of imidazole rings is 1. The van der Waals surface area contributed by atoms with Crippen molar-refractivity contribution in [3.63, 3.8) is 0 Å². The molecule has 10 heteroatoms. The summed E-state index contributed by atoms with van der Waals surface area (Å²) in [7, 11) is 3.01. The molecule has 1 aromatic carbocycles. The zero-order valence-corrected chi connectivity index (χ0v) is 13.4. The minimum atomic E-state index is -0.371. The fourth-order valence-electron chi connectivity index (χ4n) is 2.01. The molecule has 0 saturated carbocycles. The molecule has 0 aliphatic carbocycles. The number of fused-ring (bicyclic) bond motifs is 1. The van der Waals surface area contributed by atoms with E-state index in [0.717, 1.165) is 10.1 Å². The molecule has 0 fully saturated rings. The van der Waals surface area contributed by atoms with Gasteiger partial charge in [-0.25, -0.2) is 9.78 Å². The molecular weight excluding hydrogens is 320 g/mol. The highest BCUT2D eigenvalue weighted by Crippen LogP contribution is 2.18. The molecule has 0 bridgehead atoms. The van der Waals surface area contributed by atoms with Crippen LogP contribution in [0.1, 0.15) is 5.56 Å². The van der Waals surface area contributed by atoms with Crippen molar-refractivity contribution in [1.29, 1.82) is 0 Å². The van der Waals surface area contributed by atoms with Crippen LogP contribution >= 0.6 is 0 Å². The van der Waals surface area contributed by atoms with Gasteiger partial charge in [0.25, 0.3) is 5.56 Å². The summed E-state index contributed by atoms with van der Waals surface area (Å²) in [6, 6.07) is 4.46. The van der Waals surface area contributed by atoms with Gasteiger partial charge in [0.15, 0.2) is 5.65 Å². The third-order valence-electron chi connectivity index (χ3n) is 3.08. The zero-order valence-electron chi connectivity index (χ0n) is 13.4. The monoisotopic (exact) mass is 340 g/mol. The maximum Gasteiger partial charge on any atom is 0.332 e. The van der Waals surface area contributed by atoms with E-state index in [4.69, 9.17) is 10.2 Å². The van der Waals surface area contributed by atoms with Gasteiger partial charge in [0.2, 0.25) is 0 Å². The predicted octanol–water partition coefficient (Wildman–Crippen LogP) is -1.28. The molecule has 0 saturated heterocycles. The van der Waals surface area contributed by atoms with Gasteiger partial charge in [0.1, 0.15) is 17.0 Å². The van der Waals surface area contributed by atoms with Crippen LogP contribution in [0.5, 0.6) is 11.5 Å². The van der Waals surface area contributed by atoms with Crippen molar-refractivity contribution in [1.82, 2.24) is 19.1 Å². The minimum absolute atomic E-state index is 0. The largest absolute Gasteiger partial charge is 0.508 e. The number of H-pyrrole nitrogens is 1. The van der Waals surface area contributed by atoms with Crippen LogP contribution in [0.4, 0.5) is 0 Å². The fraction of sp³-hybridized carbons (Fsp3) is 0.214. The summed E-state index contributed by atoms with van der Waals surface area (Å²) in [4.78, 5) is 29.4. The minimum Gasteiger partial charge on any atom is -0.508 e. The van der Waals surface area contributed by atoms with Gasteiger partial charge in [-0.1, -0.05) is 0 Å². The lowest BCUT2D eigenvalue weighted by Crippen LogP contribution is -2.36. The quantitative estimate of drug-likeness (QED) is 0.460. The molecule has 3 aromatic rings. The topological polar surface area (TPSA) is 176 Å². The summed E-state index contributed by atoms with van der Waals surface area (Å²) < 4.78 is 2.37. The lowest BCUT2D eigenvalue weighted by Gasteiger charge is -2.00. The Labute approximate surface area is 135 Å². The van der Waals surface area contributed by atoms with E-state index >= 15 is 0 Å². The summed E-state index contributed by atoms with van der Waals surface area (Å²) in [5, 5.41) is 17.7. The van der Waals surface area contributed by atoms with Crippen molar-refractivity contribution >= 4 is 11.2 Å². The van der Waals surface area contributed by atoms with Crippen LogP contribution in [0.25, 0.3) is 11.2 Å². The van der Waals surface area contributed by atoms with E-state index in [9.17, 15) is 9.59 Å². The van der Waals surface area contributed by atoms with E-state index in [-0.39, 0.29) is 33.7 Å². The summed E-state index contributed by atoms with van der Waals surface area (Å²) in [5.74, 6) is 0.208. The second-order valence-corrected chi connectivity index (χ2v) is 4.83. The molecular formula is C14H20N4O6. The average molecular weight is 340 g/mol. The summed E-state index contributed by atoms with van der Waals surface area (Å²) >= 11 is 0. The van der Waals surface area contributed by atoms with Crippen molar-refractivity contribution in [2.24, 2.45) is 14.1 Å². The highest BCUT2D eigenvalue weighted by molar-refractivity contribution is 5.68. The molecule has 3 rings (SSSR count). The van der Waals surface area contributed by atoms with Crippen molar-refractivity contribution in [2.45, 2.75) is 6.92 Å². The predicted molar refractivity (Wildman–Crippen MR) is 88.3 cm³/mol. The van der Waals surface area contributed by atoms with E-state index in [1.165, 1.54) is 24.0 Å². The lowest BCUT2D eigenvalue weighted by atomic mass is 10.2. The van der Waals surface area contributed by atoms with Crippen molar-refractivity contribution in [3.8, 4) is 11.5 Å². The first-order valence-corrected chi connectivity index (χ1v) is 6.40. The number of nitrogens with zero attached hydrogens (tertiary/aromatic N) is 3. The SMILES string of the molecule is Cc1cc(O)cc(O)c1.Cn1c(=O)c2[nH]cnc2n(C)c1=O.O.O. The first-order chi connectivity index (χ1) is 10.3. The number of rotatable bonds is 0. The standard InChI is InChI=1S/C7H8N4O2.C7H8O2.2H2O/c1-10-5-4(8-3-9-5)6(12)11(2)7(10)13;1-5-2-6(8)4-7(9)3-5;;/h3H,1-2H3,(H,8,9);2-4,8-9H,1H3;2*1H2. The Morgan fingerprint density at radius 1 is 1.00 bits per heavy atom. The maximum absolute atomic E-state index is 11.4. The van der Waals surface area contributed by atoms with Crippen LogP contribution in [0.15, 0.2) is 34.1 Å². The van der Waals surface area contributed by atoms with Crippen molar-refractivity contribution in [2.75, 3.05) is 0 Å². The van der Waals surface area contributed by atoms with E-state index < -0.39 is 0 Å². The number of aryl methyl sites for hydroxylation is 2. The smallest absolute Gasteiger partial charge is 0.332 e. The van der Waals surface area contributed by atoms with Crippen LogP contribution < -0.4 is 11.2 Å². The van der Waals surface area contributed by atoms with Crippen LogP contribution in [0.2, 0.25) is 0 Å². The second kappa shape index (κ2) is 7.94. The normalized spacial score (nSPS) is 9.46. The summed E-state index contributed by atoms with van der Waals surface area (Å²) in [6.07, 6.45) is 1.39. The third-order valence-corrected chi connectivity index (χ3v) is 3.08. The molecule has 2 heterocycles. The van der Waals surface area contributed by atoms with Gasteiger partial charge in [-0.3, -0.25) is 13.9 Å². The Morgan fingerprint density at radius 3 is 2.04 bits per heavy atom. The Bertz CT molecular complexity index is 890. The number of hydrogen-bond acceptors (Lipinski definition) is 5. The van der Waals surface area contributed by atoms with Crippen LogP contribution in [0, 0.1) is 6.92 Å². The third kappa shape index (κ3) is 4.00. The molecule has 0 amide bonds. The van der Waals surface area contributed by atoms with Gasteiger partial charge in [-0.15, -0.1) is 0 Å². The molecule has 0 spiro atoms. The molecule has 0 aliphatic heterocycles. The Hall–Kier alpha value is -3.11. The molecule has 0 aliphatic rings. The summed E-state index contributed by atoms with van der Waals surface area (Å²) in [6.45, 7) is 1.80. The molecule has 132 valence electrons. The molecule has 2 aromatic heterocycles. The first-order valence-electron chi connectivity index (χ1n) is 6.40. The van der Waals surface area contributed by atoms with E-state index in [0.29, 0.717) is 11.2 Å². The molecule has 0 atom stereocenters. The highest BCUT2D eigenvalue weighted by Gasteiger charge is 2.08. The van der Waals surface area contributed by atoms with Gasteiger partial charge in [0.05, 0.1) is 6.33 Å². The lowest BCUT2D eigenvalue weighted by molar-refractivity contribution is 0.450. The Balaban J connectivity index is 0.000000431. The number of aromatic amines is 1. The maximum atomic E-state index is 11.4. The molecule has 24 heavy (non-hydrogen) atoms. The van der Waals surface area contributed by atoms with E-state index in [1.54, 1.807) is 26.1 Å². The van der Waals surface area contributed by atoms with Gasteiger partial charge in [-0.2, -0.15) is 0 Å². The number of nitrogens with one attached hydrogen (secondary N) is 1. The number of phenols is 2. The van der Waals surface area contributed by atoms with Gasteiger partial charge in [0, 0.05) is 20.2 Å². The number of hydrogen-bond donors (Lipinski definition) is 3. The Kier molecular flexibility index (Phi) is 6.91. The average Bonchev–Trinajstić information content (AvgIpc) is 2.91. The number of phenolic OH excluding ortho intramolecular Hbond substituents is 2. The van der Waals surface area contributed by atoms with E-state index in [1.807, 2.05) is 0 Å². The summed E-state index contributed by atoms with van der Waals surface area (Å²) in [5.41, 5.74) is 0.866. The van der Waals surface area contributed by atoms with Gasteiger partial charge < -0.3 is 26.1 Å². The molecule has 0 unspecified atom stereocenters. The molecule has 7 N–H and O–H groups in total. The number of aromatic hydroxyl groups is 2.